The Bertz CT molecular complexity index is 638. The average Bonchev–Trinajstić information content (AvgIpc) is 2.38. The third-order valence-electron chi connectivity index (χ3n) is 2.85. The molecule has 0 aliphatic rings. The van der Waals surface area contributed by atoms with Crippen LogP contribution in [0, 0.1) is 12.7 Å². The van der Waals surface area contributed by atoms with Gasteiger partial charge in [0.15, 0.2) is 17.3 Å². The fourth-order valence-corrected chi connectivity index (χ4v) is 2.07. The first-order valence-corrected chi connectivity index (χ1v) is 6.05. The Hall–Kier alpha value is -1.87. The van der Waals surface area contributed by atoms with Crippen molar-refractivity contribution in [2.24, 2.45) is 0 Å². The molecule has 98 valence electrons. The normalized spacial score (nSPS) is 10.3. The molecular weight excluding hydrogens is 267 g/mol. The molecule has 19 heavy (non-hydrogen) atoms. The number of aryl methyl sites for hydroxylation is 1. The highest BCUT2D eigenvalue weighted by Gasteiger charge is 2.14. The highest BCUT2D eigenvalue weighted by atomic mass is 35.5. The largest absolute Gasteiger partial charge is 0.494 e. The third kappa shape index (κ3) is 2.76. The molecule has 0 aliphatic carbocycles. The van der Waals surface area contributed by atoms with Crippen molar-refractivity contribution in [2.75, 3.05) is 7.11 Å². The van der Waals surface area contributed by atoms with Crippen molar-refractivity contribution in [3.63, 3.8) is 0 Å². The zero-order chi connectivity index (χ0) is 14.0. The van der Waals surface area contributed by atoms with Crippen LogP contribution in [-0.2, 0) is 0 Å². The molecule has 2 nitrogen and oxygen atoms in total. The molecule has 0 unspecified atom stereocenters. The summed E-state index contributed by atoms with van der Waals surface area (Å²) in [5.74, 6) is -0.628. The molecule has 0 N–H and O–H groups in total. The van der Waals surface area contributed by atoms with E-state index in [1.807, 2.05) is 0 Å². The lowest BCUT2D eigenvalue weighted by molar-refractivity contribution is 0.103. The van der Waals surface area contributed by atoms with Crippen LogP contribution in [0.3, 0.4) is 0 Å². The summed E-state index contributed by atoms with van der Waals surface area (Å²) in [6.45, 7) is 1.81. The van der Waals surface area contributed by atoms with E-state index in [2.05, 4.69) is 0 Å². The molecule has 2 aromatic carbocycles. The number of benzene rings is 2. The number of methoxy groups -OCH3 is 1. The number of ether oxygens (including phenoxy) is 1. The maximum atomic E-state index is 13.3. The van der Waals surface area contributed by atoms with E-state index in [-0.39, 0.29) is 11.5 Å². The maximum Gasteiger partial charge on any atom is 0.193 e. The van der Waals surface area contributed by atoms with E-state index in [4.69, 9.17) is 16.3 Å². The second kappa shape index (κ2) is 5.41. The molecule has 4 heteroatoms. The van der Waals surface area contributed by atoms with Gasteiger partial charge in [0, 0.05) is 16.1 Å². The molecule has 0 aliphatic heterocycles. The van der Waals surface area contributed by atoms with Gasteiger partial charge in [-0.15, -0.1) is 0 Å². The van der Waals surface area contributed by atoms with Crippen molar-refractivity contribution >= 4 is 17.4 Å². The number of rotatable bonds is 3. The average molecular weight is 279 g/mol. The highest BCUT2D eigenvalue weighted by molar-refractivity contribution is 6.30. The van der Waals surface area contributed by atoms with Gasteiger partial charge in [-0.05, 0) is 48.9 Å². The monoisotopic (exact) mass is 278 g/mol. The van der Waals surface area contributed by atoms with Gasteiger partial charge >= 0.3 is 0 Å². The zero-order valence-corrected chi connectivity index (χ0v) is 11.3. The summed E-state index contributed by atoms with van der Waals surface area (Å²) < 4.78 is 18.2. The van der Waals surface area contributed by atoms with Gasteiger partial charge in [-0.3, -0.25) is 4.79 Å². The van der Waals surface area contributed by atoms with Gasteiger partial charge in [0.2, 0.25) is 0 Å². The lowest BCUT2D eigenvalue weighted by Crippen LogP contribution is -2.04. The number of carbonyl (C=O) groups excluding carboxylic acids is 1. The molecule has 0 spiro atoms. The molecule has 0 aromatic heterocycles. The third-order valence-corrected chi connectivity index (χ3v) is 3.08. The van der Waals surface area contributed by atoms with Crippen LogP contribution < -0.4 is 4.74 Å². The molecule has 0 radical (unpaired) electrons. The molecule has 2 aromatic rings. The Kier molecular flexibility index (Phi) is 3.86. The molecule has 0 atom stereocenters. The number of hydrogen-bond donors (Lipinski definition) is 0. The quantitative estimate of drug-likeness (QED) is 0.793. The predicted octanol–water partition coefficient (Wildman–Crippen LogP) is 4.03. The van der Waals surface area contributed by atoms with Crippen molar-refractivity contribution in [3.8, 4) is 5.75 Å². The number of ketones is 1. The fourth-order valence-electron chi connectivity index (χ4n) is 1.84. The molecule has 0 amide bonds. The predicted molar refractivity (Wildman–Crippen MR) is 72.6 cm³/mol. The number of carbonyl (C=O) groups is 1. The summed E-state index contributed by atoms with van der Waals surface area (Å²) in [5, 5.41) is 0.575. The molecule has 0 bridgehead atoms. The first kappa shape index (κ1) is 13.6. The van der Waals surface area contributed by atoms with E-state index in [0.29, 0.717) is 16.1 Å². The van der Waals surface area contributed by atoms with E-state index >= 15 is 0 Å². The maximum absolute atomic E-state index is 13.3. The SMILES string of the molecule is COc1cc(C(=O)c2ccc(Cl)cc2C)ccc1F. The second-order valence-corrected chi connectivity index (χ2v) is 4.57. The van der Waals surface area contributed by atoms with Crippen LogP contribution in [-0.4, -0.2) is 12.9 Å². The van der Waals surface area contributed by atoms with Crippen molar-refractivity contribution in [1.29, 1.82) is 0 Å². The molecule has 2 rings (SSSR count). The smallest absolute Gasteiger partial charge is 0.193 e. The van der Waals surface area contributed by atoms with Crippen LogP contribution in [0.25, 0.3) is 0 Å². The zero-order valence-electron chi connectivity index (χ0n) is 10.5. The van der Waals surface area contributed by atoms with E-state index in [0.717, 1.165) is 5.56 Å². The van der Waals surface area contributed by atoms with Gasteiger partial charge < -0.3 is 4.74 Å². The van der Waals surface area contributed by atoms with E-state index in [9.17, 15) is 9.18 Å². The second-order valence-electron chi connectivity index (χ2n) is 4.14. The summed E-state index contributed by atoms with van der Waals surface area (Å²) in [6.07, 6.45) is 0. The Morgan fingerprint density at radius 2 is 1.95 bits per heavy atom. The summed E-state index contributed by atoms with van der Waals surface area (Å²) in [5.41, 5.74) is 1.70. The van der Waals surface area contributed by atoms with Crippen LogP contribution in [0.4, 0.5) is 4.39 Å². The molecule has 0 saturated carbocycles. The van der Waals surface area contributed by atoms with E-state index < -0.39 is 5.82 Å². The highest BCUT2D eigenvalue weighted by Crippen LogP contribution is 2.23. The first-order valence-electron chi connectivity index (χ1n) is 5.67. The minimum Gasteiger partial charge on any atom is -0.494 e. The van der Waals surface area contributed by atoms with Crippen LogP contribution in [0.2, 0.25) is 5.02 Å². The van der Waals surface area contributed by atoms with Gasteiger partial charge in [0.1, 0.15) is 0 Å². The number of halogens is 2. The minimum atomic E-state index is -0.494. The van der Waals surface area contributed by atoms with Gasteiger partial charge in [0.05, 0.1) is 7.11 Å². The Labute approximate surface area is 115 Å². The van der Waals surface area contributed by atoms with Crippen LogP contribution in [0.15, 0.2) is 36.4 Å². The van der Waals surface area contributed by atoms with Gasteiger partial charge in [-0.1, -0.05) is 11.6 Å². The minimum absolute atomic E-state index is 0.0532. The summed E-state index contributed by atoms with van der Waals surface area (Å²) in [4.78, 5) is 12.3. The van der Waals surface area contributed by atoms with Gasteiger partial charge in [-0.2, -0.15) is 0 Å². The summed E-state index contributed by atoms with van der Waals surface area (Å²) >= 11 is 5.86. The van der Waals surface area contributed by atoms with Gasteiger partial charge in [-0.25, -0.2) is 4.39 Å². The van der Waals surface area contributed by atoms with E-state index in [1.165, 1.54) is 25.3 Å². The van der Waals surface area contributed by atoms with Crippen LogP contribution in [0.1, 0.15) is 21.5 Å². The topological polar surface area (TPSA) is 26.3 Å². The fraction of sp³-hybridized carbons (Fsp3) is 0.133. The van der Waals surface area contributed by atoms with Gasteiger partial charge in [0.25, 0.3) is 0 Å². The molecular formula is C15H12ClFO2. The number of hydrogen-bond acceptors (Lipinski definition) is 2. The van der Waals surface area contributed by atoms with Crippen molar-refractivity contribution in [1.82, 2.24) is 0 Å². The Morgan fingerprint density at radius 3 is 2.58 bits per heavy atom. The molecule has 0 saturated heterocycles. The van der Waals surface area contributed by atoms with Crippen LogP contribution in [0.5, 0.6) is 5.75 Å². The lowest BCUT2D eigenvalue weighted by atomic mass is 9.99. The summed E-state index contributed by atoms with van der Waals surface area (Å²) in [7, 11) is 1.36. The van der Waals surface area contributed by atoms with Crippen molar-refractivity contribution in [2.45, 2.75) is 6.92 Å². The molecule has 0 fully saturated rings. The summed E-state index contributed by atoms with van der Waals surface area (Å²) in [6, 6.07) is 9.09. The molecule has 0 heterocycles. The van der Waals surface area contributed by atoms with E-state index in [1.54, 1.807) is 25.1 Å². The Morgan fingerprint density at radius 1 is 1.21 bits per heavy atom. The Balaban J connectivity index is 2.44. The van der Waals surface area contributed by atoms with Crippen molar-refractivity contribution < 1.29 is 13.9 Å². The van der Waals surface area contributed by atoms with Crippen LogP contribution >= 0.6 is 11.6 Å². The standard InChI is InChI=1S/C15H12ClFO2/c1-9-7-11(16)4-5-12(9)15(18)10-3-6-13(17)14(8-10)19-2/h3-8H,1-2H3. The van der Waals surface area contributed by atoms with Crippen molar-refractivity contribution in [3.05, 3.63) is 63.9 Å². The lowest BCUT2D eigenvalue weighted by Gasteiger charge is -2.07. The first-order chi connectivity index (χ1) is 9.02.